The first-order chi connectivity index (χ1) is 46.0. The fraction of sp³-hybridized carbons (Fsp3) is 0.0580. The molecule has 0 aliphatic carbocycles. The Balaban J connectivity index is 0.000000157. The highest BCUT2D eigenvalue weighted by molar-refractivity contribution is 7.12. The van der Waals surface area contributed by atoms with Crippen LogP contribution in [0.25, 0.3) is 18.2 Å². The Bertz CT molecular complexity index is 4800. The van der Waals surface area contributed by atoms with Crippen LogP contribution in [0.1, 0.15) is 80.3 Å². The first kappa shape index (κ1) is 67.9. The van der Waals surface area contributed by atoms with Crippen LogP contribution < -0.4 is 33.9 Å². The molecule has 3 amide bonds. The maximum atomic E-state index is 13.4. The van der Waals surface area contributed by atoms with Crippen LogP contribution >= 0.6 is 68.8 Å². The third kappa shape index (κ3) is 15.8. The van der Waals surface area contributed by atoms with Gasteiger partial charge in [0.25, 0.3) is 17.7 Å². The lowest BCUT2D eigenvalue weighted by Gasteiger charge is -2.14. The number of thiophene rings is 3. The Morgan fingerprint density at radius 3 is 1.38 bits per heavy atom. The molecule has 9 aromatic rings. The van der Waals surface area contributed by atoms with Crippen molar-refractivity contribution in [2.45, 2.75) is 13.8 Å². The molecule has 0 radical (unpaired) electrons. The molecule has 3 aliphatic rings. The summed E-state index contributed by atoms with van der Waals surface area (Å²) in [5.41, 5.74) is 3.99. The number of ketones is 1. The molecular weight excluding hydrogens is 1360 g/mol. The van der Waals surface area contributed by atoms with Crippen molar-refractivity contribution >= 4 is 169 Å². The van der Waals surface area contributed by atoms with Crippen LogP contribution in [-0.2, 0) is 19.2 Å². The van der Waals surface area contributed by atoms with Crippen molar-refractivity contribution in [1.82, 2.24) is 0 Å². The largest absolute Gasteiger partial charge is 0.493 e. The standard InChI is InChI=1S/C24H17ClN2O6S.C23H15ClN2O5S.C22H13ClFNO4S/c1-13-16(22(28)27(26-13)15-6-7-18(25)17(12-15)23(29)30)10-14-5-8-19(20(11-14)32-2)33-24(31)21-4-3-9-34-21;1-13-17(21(27)26(25-13)15-7-8-19(24)18(12-15)22(28)29)11-14-4-2-5-16(10-14)31-23(30)20-6-3-9-32-20;23-17-11-14(6-7-18(17)24)25-12-19(26)16(21(25)27)10-13-3-1-4-15(9-13)29-22(28)20-5-2-8-30-20/h3-12H,1-2H3,(H,29,30);2-12H,1H3,(H,28,29);1-11H,12H2/b16-10+;17-11+;16-10-. The number of halogens is 4. The third-order valence-electron chi connectivity index (χ3n) is 13.9. The summed E-state index contributed by atoms with van der Waals surface area (Å²) >= 11 is 21.5. The smallest absolute Gasteiger partial charge is 0.353 e. The van der Waals surface area contributed by atoms with E-state index in [-0.39, 0.29) is 61.2 Å². The maximum absolute atomic E-state index is 13.4. The highest BCUT2D eigenvalue weighted by Gasteiger charge is 2.36. The number of carbonyl (C=O) groups excluding carboxylic acids is 7. The molecule has 20 nitrogen and oxygen atoms in total. The molecule has 3 aliphatic heterocycles. The average Bonchev–Trinajstić information content (AvgIpc) is 1.65. The molecule has 2 N–H and O–H groups in total. The van der Waals surface area contributed by atoms with Crippen molar-refractivity contribution in [3.05, 3.63) is 254 Å². The van der Waals surface area contributed by atoms with Gasteiger partial charge in [0, 0.05) is 5.69 Å². The molecule has 0 unspecified atom stereocenters. The normalized spacial score (nSPS) is 14.7. The zero-order chi connectivity index (χ0) is 68.5. The number of hydrogen-bond acceptors (Lipinski definition) is 18. The van der Waals surface area contributed by atoms with Crippen LogP contribution in [0.4, 0.5) is 21.5 Å². The van der Waals surface area contributed by atoms with Gasteiger partial charge in [-0.1, -0.05) is 83.3 Å². The quantitative estimate of drug-likeness (QED) is 0.0418. The van der Waals surface area contributed by atoms with Crippen molar-refractivity contribution in [2.75, 3.05) is 28.6 Å². The van der Waals surface area contributed by atoms with E-state index in [1.54, 1.807) is 145 Å². The Hall–Kier alpha value is -11.0. The number of rotatable bonds is 15. The number of Topliss-reactive ketones (excluding diaryl/α,β-unsaturated/α-hetero) is 1. The van der Waals surface area contributed by atoms with E-state index in [0.717, 1.165) is 16.1 Å². The van der Waals surface area contributed by atoms with Gasteiger partial charge < -0.3 is 34.1 Å². The average molecular weight is 1410 g/mol. The van der Waals surface area contributed by atoms with Crippen molar-refractivity contribution in [2.24, 2.45) is 10.2 Å². The number of carboxylic acids is 2. The molecule has 0 atom stereocenters. The maximum Gasteiger partial charge on any atom is 0.353 e. The summed E-state index contributed by atoms with van der Waals surface area (Å²) in [7, 11) is 1.45. The molecular formula is C69H45Cl3FN5O15S3. The Morgan fingerprint density at radius 1 is 0.490 bits per heavy atom. The Kier molecular flexibility index (Phi) is 21.2. The van der Waals surface area contributed by atoms with Crippen LogP contribution in [-0.4, -0.2) is 88.6 Å². The lowest BCUT2D eigenvalue weighted by atomic mass is 10.1. The summed E-state index contributed by atoms with van der Waals surface area (Å²) in [6.45, 7) is 3.18. The molecule has 1 fully saturated rings. The zero-order valence-electron chi connectivity index (χ0n) is 49.9. The fourth-order valence-electron chi connectivity index (χ4n) is 9.25. The summed E-state index contributed by atoms with van der Waals surface area (Å²) in [5, 5.41) is 34.7. The number of nitrogens with zero attached hydrogens (tertiary/aromatic N) is 5. The van der Waals surface area contributed by atoms with Crippen molar-refractivity contribution in [1.29, 1.82) is 0 Å². The summed E-state index contributed by atoms with van der Waals surface area (Å²) in [6, 6.07) is 40.8. The SMILES string of the molecule is CC1=NN(c2ccc(Cl)c(C(=O)O)c2)C(=O)/C1=C/c1cccc(OC(=O)c2cccs2)c1.COc1cc(/C=C2/C(=O)N(c3ccc(Cl)c(C(=O)O)c3)N=C2C)ccc1OC(=O)c1cccs1.O=C1CN(c2ccc(F)c(Cl)c2)C(=O)/C1=C\c1cccc(OC(=O)c2cccs2)c1. The van der Waals surface area contributed by atoms with Gasteiger partial charge >= 0.3 is 29.8 Å². The molecule has 0 saturated carbocycles. The van der Waals surface area contributed by atoms with Crippen molar-refractivity contribution < 1.29 is 76.7 Å². The molecule has 482 valence electrons. The van der Waals surface area contributed by atoms with Gasteiger partial charge in [0.1, 0.15) is 31.9 Å². The number of ether oxygens (including phenoxy) is 4. The minimum atomic E-state index is -1.21. The molecule has 6 heterocycles. The number of esters is 3. The van der Waals surface area contributed by atoms with Gasteiger partial charge in [-0.25, -0.2) is 28.4 Å². The van der Waals surface area contributed by atoms with Gasteiger partial charge in [-0.3, -0.25) is 19.2 Å². The molecule has 0 bridgehead atoms. The highest BCUT2D eigenvalue weighted by Crippen LogP contribution is 2.35. The number of aromatic carboxylic acids is 2. The molecule has 3 aromatic heterocycles. The van der Waals surface area contributed by atoms with E-state index >= 15 is 0 Å². The highest BCUT2D eigenvalue weighted by atomic mass is 35.5. The second kappa shape index (κ2) is 30.0. The second-order valence-electron chi connectivity index (χ2n) is 20.3. The fourth-order valence-corrected chi connectivity index (χ4v) is 11.6. The summed E-state index contributed by atoms with van der Waals surface area (Å²) in [6.07, 6.45) is 4.71. The summed E-state index contributed by atoms with van der Waals surface area (Å²) in [5.74, 6) is -4.97. The number of hydrogen-bond donors (Lipinski definition) is 2. The monoisotopic (exact) mass is 1400 g/mol. The summed E-state index contributed by atoms with van der Waals surface area (Å²) < 4.78 is 34.9. The van der Waals surface area contributed by atoms with E-state index in [9.17, 15) is 57.8 Å². The van der Waals surface area contributed by atoms with E-state index < -0.39 is 53.4 Å². The minimum Gasteiger partial charge on any atom is -0.493 e. The van der Waals surface area contributed by atoms with E-state index in [4.69, 9.17) is 53.8 Å². The Morgan fingerprint density at radius 2 is 0.938 bits per heavy atom. The van der Waals surface area contributed by atoms with Gasteiger partial charge in [0.2, 0.25) is 0 Å². The number of carbonyl (C=O) groups is 9. The molecule has 96 heavy (non-hydrogen) atoms. The minimum absolute atomic E-state index is 0.0165. The van der Waals surface area contributed by atoms with Crippen molar-refractivity contribution in [3.63, 3.8) is 0 Å². The van der Waals surface area contributed by atoms with Gasteiger partial charge in [0.05, 0.1) is 79.4 Å². The predicted molar refractivity (Wildman–Crippen MR) is 364 cm³/mol. The predicted octanol–water partition coefficient (Wildman–Crippen LogP) is 15.0. The summed E-state index contributed by atoms with van der Waals surface area (Å²) in [4.78, 5) is 113. The van der Waals surface area contributed by atoms with Gasteiger partial charge in [-0.15, -0.1) is 34.0 Å². The molecule has 27 heteroatoms. The first-order valence-corrected chi connectivity index (χ1v) is 31.8. The number of carboxylic acid groups (broad SMARTS) is 2. The van der Waals surface area contributed by atoms with Crippen LogP contribution in [0.3, 0.4) is 0 Å². The second-order valence-corrected chi connectivity index (χ2v) is 24.4. The molecule has 6 aromatic carbocycles. The van der Waals surface area contributed by atoms with E-state index in [1.165, 1.54) is 101 Å². The van der Waals surface area contributed by atoms with Crippen LogP contribution in [0.2, 0.25) is 15.1 Å². The third-order valence-corrected chi connectivity index (χ3v) is 17.4. The van der Waals surface area contributed by atoms with Gasteiger partial charge in [0.15, 0.2) is 17.3 Å². The molecule has 12 rings (SSSR count). The van der Waals surface area contributed by atoms with Crippen LogP contribution in [0.15, 0.2) is 201 Å². The number of benzene rings is 6. The van der Waals surface area contributed by atoms with E-state index in [1.807, 2.05) is 0 Å². The van der Waals surface area contributed by atoms with Crippen LogP contribution in [0, 0.1) is 5.82 Å². The van der Waals surface area contributed by atoms with Gasteiger partial charge in [-0.2, -0.15) is 20.2 Å². The Labute approximate surface area is 571 Å². The number of hydrazone groups is 2. The molecule has 1 saturated heterocycles. The lowest BCUT2D eigenvalue weighted by molar-refractivity contribution is -0.116. The zero-order valence-corrected chi connectivity index (χ0v) is 54.6. The number of amides is 3. The topological polar surface area (TPSA) is 265 Å². The van der Waals surface area contributed by atoms with Gasteiger partial charge in [-0.05, 0) is 174 Å². The lowest BCUT2D eigenvalue weighted by Crippen LogP contribution is -2.24. The number of methoxy groups -OCH3 is 1. The van der Waals surface area contributed by atoms with Crippen LogP contribution in [0.5, 0.6) is 23.0 Å². The van der Waals surface area contributed by atoms with E-state index in [0.29, 0.717) is 76.8 Å². The number of anilines is 3. The first-order valence-electron chi connectivity index (χ1n) is 28.0. The van der Waals surface area contributed by atoms with E-state index in [2.05, 4.69) is 10.2 Å². The van der Waals surface area contributed by atoms with Crippen molar-refractivity contribution in [3.8, 4) is 23.0 Å². The molecule has 0 spiro atoms.